The predicted molar refractivity (Wildman–Crippen MR) is 96.2 cm³/mol. The number of hydrogen-bond donors (Lipinski definition) is 2. The Balaban J connectivity index is 1.79. The maximum absolute atomic E-state index is 11.9. The highest BCUT2D eigenvalue weighted by Crippen LogP contribution is 2.20. The molecule has 0 saturated heterocycles. The molecule has 6 nitrogen and oxygen atoms in total. The molecule has 0 aliphatic rings. The van der Waals surface area contributed by atoms with E-state index in [2.05, 4.69) is 15.4 Å². The van der Waals surface area contributed by atoms with E-state index < -0.39 is 5.97 Å². The summed E-state index contributed by atoms with van der Waals surface area (Å²) < 4.78 is 10.3. The Hall–Kier alpha value is -3.02. The summed E-state index contributed by atoms with van der Waals surface area (Å²) in [5.41, 5.74) is 3.13. The molecule has 2 aromatic carbocycles. The Morgan fingerprint density at radius 1 is 1.08 bits per heavy atom. The molecule has 0 atom stereocenters. The van der Waals surface area contributed by atoms with Crippen LogP contribution in [0.5, 0.6) is 5.75 Å². The maximum Gasteiger partial charge on any atom is 0.337 e. The van der Waals surface area contributed by atoms with Crippen LogP contribution >= 0.6 is 0 Å². The van der Waals surface area contributed by atoms with Gasteiger partial charge in [-0.3, -0.25) is 0 Å². The Bertz CT molecular complexity index is 759. The number of urea groups is 1. The van der Waals surface area contributed by atoms with Crippen molar-refractivity contribution in [2.75, 3.05) is 25.6 Å². The van der Waals surface area contributed by atoms with Crippen molar-refractivity contribution >= 4 is 17.7 Å². The van der Waals surface area contributed by atoms with Crippen molar-refractivity contribution < 1.29 is 19.1 Å². The van der Waals surface area contributed by atoms with Gasteiger partial charge in [-0.2, -0.15) is 0 Å². The van der Waals surface area contributed by atoms with Gasteiger partial charge in [0.2, 0.25) is 0 Å². The number of carbonyl (C=O) groups is 2. The van der Waals surface area contributed by atoms with Crippen LogP contribution in [0.15, 0.2) is 42.5 Å². The quantitative estimate of drug-likeness (QED) is 0.624. The van der Waals surface area contributed by atoms with Crippen molar-refractivity contribution in [3.63, 3.8) is 0 Å². The summed E-state index contributed by atoms with van der Waals surface area (Å²) in [4.78, 5) is 23.4. The van der Waals surface area contributed by atoms with Gasteiger partial charge in [0.25, 0.3) is 0 Å². The molecule has 0 aliphatic carbocycles. The molecule has 132 valence electrons. The molecule has 2 amide bonds. The summed E-state index contributed by atoms with van der Waals surface area (Å²) in [7, 11) is 1.31. The van der Waals surface area contributed by atoms with E-state index in [4.69, 9.17) is 4.74 Å². The summed E-state index contributed by atoms with van der Waals surface area (Å²) in [6, 6.07) is 12.0. The van der Waals surface area contributed by atoms with E-state index in [-0.39, 0.29) is 6.03 Å². The van der Waals surface area contributed by atoms with Gasteiger partial charge in [0.05, 0.1) is 19.2 Å². The van der Waals surface area contributed by atoms with Crippen LogP contribution in [0.1, 0.15) is 21.5 Å². The lowest BCUT2D eigenvalue weighted by Crippen LogP contribution is -2.32. The molecule has 0 radical (unpaired) electrons. The second-order valence-electron chi connectivity index (χ2n) is 5.50. The Kier molecular flexibility index (Phi) is 6.39. The molecule has 2 N–H and O–H groups in total. The van der Waals surface area contributed by atoms with Gasteiger partial charge in [-0.25, -0.2) is 9.59 Å². The van der Waals surface area contributed by atoms with Gasteiger partial charge in [-0.1, -0.05) is 18.2 Å². The van der Waals surface area contributed by atoms with E-state index in [1.807, 2.05) is 32.0 Å². The zero-order valence-electron chi connectivity index (χ0n) is 14.6. The third kappa shape index (κ3) is 5.24. The molecule has 0 heterocycles. The van der Waals surface area contributed by atoms with Gasteiger partial charge in [-0.15, -0.1) is 0 Å². The highest BCUT2D eigenvalue weighted by molar-refractivity contribution is 5.93. The number of aryl methyl sites for hydroxylation is 1. The molecule has 0 saturated carbocycles. The average molecular weight is 342 g/mol. The lowest BCUT2D eigenvalue weighted by Gasteiger charge is -2.12. The Morgan fingerprint density at radius 2 is 1.84 bits per heavy atom. The zero-order chi connectivity index (χ0) is 18.2. The number of esters is 1. The standard InChI is InChI=1S/C19H22N2O4/c1-13-6-4-9-17(14(13)2)25-11-10-20-19(23)21-16-8-5-7-15(12-16)18(22)24-3/h4-9,12H,10-11H2,1-3H3,(H2,20,21,23). The molecule has 6 heteroatoms. The smallest absolute Gasteiger partial charge is 0.337 e. The molecule has 0 unspecified atom stereocenters. The summed E-state index contributed by atoms with van der Waals surface area (Å²) in [6.07, 6.45) is 0. The second-order valence-corrected chi connectivity index (χ2v) is 5.50. The summed E-state index contributed by atoms with van der Waals surface area (Å²) in [5, 5.41) is 5.37. The fraction of sp³-hybridized carbons (Fsp3) is 0.263. The molecule has 0 bridgehead atoms. The minimum absolute atomic E-state index is 0.357. The second kappa shape index (κ2) is 8.73. The van der Waals surface area contributed by atoms with Crippen LogP contribution in [0.2, 0.25) is 0 Å². The number of ether oxygens (including phenoxy) is 2. The number of benzene rings is 2. The number of amides is 2. The summed E-state index contributed by atoms with van der Waals surface area (Å²) in [6.45, 7) is 4.74. The highest BCUT2D eigenvalue weighted by atomic mass is 16.5. The number of anilines is 1. The van der Waals surface area contributed by atoms with Crippen molar-refractivity contribution in [1.82, 2.24) is 5.32 Å². The number of carbonyl (C=O) groups excluding carboxylic acids is 2. The van der Waals surface area contributed by atoms with E-state index >= 15 is 0 Å². The van der Waals surface area contributed by atoms with Crippen LogP contribution in [0.3, 0.4) is 0 Å². The Morgan fingerprint density at radius 3 is 2.60 bits per heavy atom. The van der Waals surface area contributed by atoms with Crippen molar-refractivity contribution in [2.45, 2.75) is 13.8 Å². The minimum atomic E-state index is -0.453. The van der Waals surface area contributed by atoms with E-state index in [0.29, 0.717) is 24.4 Å². The number of nitrogens with one attached hydrogen (secondary N) is 2. The minimum Gasteiger partial charge on any atom is -0.491 e. The summed E-state index contributed by atoms with van der Waals surface area (Å²) >= 11 is 0. The van der Waals surface area contributed by atoms with Crippen molar-refractivity contribution in [3.05, 3.63) is 59.2 Å². The van der Waals surface area contributed by atoms with Gasteiger partial charge >= 0.3 is 12.0 Å². The fourth-order valence-corrected chi connectivity index (χ4v) is 2.22. The highest BCUT2D eigenvalue weighted by Gasteiger charge is 2.07. The van der Waals surface area contributed by atoms with Crippen molar-refractivity contribution in [3.8, 4) is 5.75 Å². The molecular formula is C19H22N2O4. The van der Waals surface area contributed by atoms with Gasteiger partial charge < -0.3 is 20.1 Å². The van der Waals surface area contributed by atoms with Crippen molar-refractivity contribution in [1.29, 1.82) is 0 Å². The van der Waals surface area contributed by atoms with Crippen LogP contribution in [-0.4, -0.2) is 32.3 Å². The van der Waals surface area contributed by atoms with E-state index in [1.54, 1.807) is 24.3 Å². The van der Waals surface area contributed by atoms with Crippen molar-refractivity contribution in [2.24, 2.45) is 0 Å². The molecule has 0 aliphatic heterocycles. The molecule has 2 aromatic rings. The summed E-state index contributed by atoms with van der Waals surface area (Å²) in [5.74, 6) is 0.360. The molecular weight excluding hydrogens is 320 g/mol. The third-order valence-electron chi connectivity index (χ3n) is 3.74. The maximum atomic E-state index is 11.9. The van der Waals surface area contributed by atoms with Gasteiger partial charge in [-0.05, 0) is 49.2 Å². The number of methoxy groups -OCH3 is 1. The lowest BCUT2D eigenvalue weighted by molar-refractivity contribution is 0.0600. The molecule has 2 rings (SSSR count). The first-order valence-corrected chi connectivity index (χ1v) is 7.93. The average Bonchev–Trinajstić information content (AvgIpc) is 2.61. The largest absolute Gasteiger partial charge is 0.491 e. The monoisotopic (exact) mass is 342 g/mol. The van der Waals surface area contributed by atoms with E-state index in [1.165, 1.54) is 7.11 Å². The molecule has 0 fully saturated rings. The first-order chi connectivity index (χ1) is 12.0. The van der Waals surface area contributed by atoms with E-state index in [9.17, 15) is 9.59 Å². The number of hydrogen-bond acceptors (Lipinski definition) is 4. The molecule has 25 heavy (non-hydrogen) atoms. The lowest BCUT2D eigenvalue weighted by atomic mass is 10.1. The van der Waals surface area contributed by atoms with Gasteiger partial charge in [0.1, 0.15) is 12.4 Å². The normalized spacial score (nSPS) is 10.0. The number of rotatable bonds is 6. The van der Waals surface area contributed by atoms with Crippen LogP contribution in [-0.2, 0) is 4.74 Å². The third-order valence-corrected chi connectivity index (χ3v) is 3.74. The van der Waals surface area contributed by atoms with Crippen LogP contribution in [0, 0.1) is 13.8 Å². The van der Waals surface area contributed by atoms with E-state index in [0.717, 1.165) is 16.9 Å². The first-order valence-electron chi connectivity index (χ1n) is 7.93. The van der Waals surface area contributed by atoms with Gasteiger partial charge in [0.15, 0.2) is 0 Å². The fourth-order valence-electron chi connectivity index (χ4n) is 2.22. The zero-order valence-corrected chi connectivity index (χ0v) is 14.6. The van der Waals surface area contributed by atoms with Crippen LogP contribution in [0.25, 0.3) is 0 Å². The van der Waals surface area contributed by atoms with Crippen LogP contribution < -0.4 is 15.4 Å². The Labute approximate surface area is 147 Å². The van der Waals surface area contributed by atoms with Crippen LogP contribution in [0.4, 0.5) is 10.5 Å². The SMILES string of the molecule is COC(=O)c1cccc(NC(=O)NCCOc2cccc(C)c2C)c1. The topological polar surface area (TPSA) is 76.7 Å². The molecule has 0 spiro atoms. The molecule has 0 aromatic heterocycles. The first kappa shape index (κ1) is 18.3. The predicted octanol–water partition coefficient (Wildman–Crippen LogP) is 3.29. The van der Waals surface area contributed by atoms with Gasteiger partial charge in [0, 0.05) is 5.69 Å².